The average Bonchev–Trinajstić information content (AvgIpc) is 2.89. The van der Waals surface area contributed by atoms with E-state index >= 15 is 0 Å². The van der Waals surface area contributed by atoms with Crippen LogP contribution in [0.1, 0.15) is 64.7 Å². The van der Waals surface area contributed by atoms with Crippen LogP contribution in [-0.2, 0) is 9.53 Å². The van der Waals surface area contributed by atoms with Gasteiger partial charge in [0.25, 0.3) is 0 Å². The fraction of sp³-hybridized carbons (Fsp3) is 0.929. The van der Waals surface area contributed by atoms with Crippen LogP contribution in [0.3, 0.4) is 0 Å². The summed E-state index contributed by atoms with van der Waals surface area (Å²) in [7, 11) is 0. The molecule has 2 aliphatic rings. The summed E-state index contributed by atoms with van der Waals surface area (Å²) in [6.07, 6.45) is 9.78. The van der Waals surface area contributed by atoms with Crippen molar-refractivity contribution in [3.8, 4) is 0 Å². The van der Waals surface area contributed by atoms with Crippen molar-refractivity contribution in [2.75, 3.05) is 0 Å². The van der Waals surface area contributed by atoms with Crippen molar-refractivity contribution in [1.82, 2.24) is 0 Å². The fourth-order valence-corrected chi connectivity index (χ4v) is 3.46. The van der Waals surface area contributed by atoms with E-state index < -0.39 is 5.97 Å². The van der Waals surface area contributed by atoms with Crippen molar-refractivity contribution in [1.29, 1.82) is 0 Å². The molecule has 1 heterocycles. The smallest absolute Gasteiger partial charge is 0.306 e. The first-order valence-electron chi connectivity index (χ1n) is 7.06. The minimum absolute atomic E-state index is 0.139. The molecule has 1 aliphatic carbocycles. The van der Waals surface area contributed by atoms with E-state index in [1.807, 2.05) is 6.92 Å². The lowest BCUT2D eigenvalue weighted by atomic mass is 9.94. The summed E-state index contributed by atoms with van der Waals surface area (Å²) in [6, 6.07) is 0. The standard InChI is InChI=1S/C14H24O3/c1-2-5-11(13(15)16)10-12-6-9-14(17-12)7-3-4-8-14/h11-12H,2-10H2,1H3,(H,15,16). The molecular formula is C14H24O3. The summed E-state index contributed by atoms with van der Waals surface area (Å²) >= 11 is 0. The number of hydrogen-bond acceptors (Lipinski definition) is 2. The van der Waals surface area contributed by atoms with E-state index in [9.17, 15) is 4.79 Å². The first-order valence-corrected chi connectivity index (χ1v) is 7.06. The van der Waals surface area contributed by atoms with Gasteiger partial charge >= 0.3 is 5.97 Å². The van der Waals surface area contributed by atoms with Crippen molar-refractivity contribution < 1.29 is 14.6 Å². The molecule has 17 heavy (non-hydrogen) atoms. The van der Waals surface area contributed by atoms with Crippen LogP contribution in [0.4, 0.5) is 0 Å². The third-order valence-corrected chi connectivity index (χ3v) is 4.39. The van der Waals surface area contributed by atoms with Crippen molar-refractivity contribution in [2.24, 2.45) is 5.92 Å². The molecule has 0 radical (unpaired) electrons. The summed E-state index contributed by atoms with van der Waals surface area (Å²) in [4.78, 5) is 11.1. The maximum Gasteiger partial charge on any atom is 0.306 e. The van der Waals surface area contributed by atoms with Gasteiger partial charge in [-0.05, 0) is 38.5 Å². The minimum Gasteiger partial charge on any atom is -0.481 e. The molecule has 1 spiro atoms. The van der Waals surface area contributed by atoms with Crippen molar-refractivity contribution in [3.63, 3.8) is 0 Å². The van der Waals surface area contributed by atoms with Gasteiger partial charge in [-0.2, -0.15) is 0 Å². The third kappa shape index (κ3) is 3.01. The van der Waals surface area contributed by atoms with Gasteiger partial charge in [0.2, 0.25) is 0 Å². The zero-order valence-corrected chi connectivity index (χ0v) is 10.8. The molecule has 98 valence electrons. The summed E-state index contributed by atoms with van der Waals surface area (Å²) in [6.45, 7) is 2.05. The van der Waals surface area contributed by atoms with Gasteiger partial charge < -0.3 is 9.84 Å². The van der Waals surface area contributed by atoms with Gasteiger partial charge in [0.1, 0.15) is 0 Å². The maximum absolute atomic E-state index is 11.1. The normalized spacial score (nSPS) is 28.6. The van der Waals surface area contributed by atoms with Crippen LogP contribution >= 0.6 is 0 Å². The lowest BCUT2D eigenvalue weighted by molar-refractivity contribution is -0.144. The molecule has 0 bridgehead atoms. The van der Waals surface area contributed by atoms with Gasteiger partial charge in [-0.25, -0.2) is 0 Å². The summed E-state index contributed by atoms with van der Waals surface area (Å²) < 4.78 is 6.17. The zero-order chi connectivity index (χ0) is 12.3. The highest BCUT2D eigenvalue weighted by Gasteiger charge is 2.42. The Balaban J connectivity index is 1.85. The van der Waals surface area contributed by atoms with E-state index in [2.05, 4.69) is 0 Å². The number of carbonyl (C=O) groups is 1. The van der Waals surface area contributed by atoms with Gasteiger partial charge in [0, 0.05) is 0 Å². The molecule has 1 saturated heterocycles. The molecule has 3 nitrogen and oxygen atoms in total. The van der Waals surface area contributed by atoms with Crippen LogP contribution in [0.25, 0.3) is 0 Å². The van der Waals surface area contributed by atoms with Crippen molar-refractivity contribution in [3.05, 3.63) is 0 Å². The topological polar surface area (TPSA) is 46.5 Å². The fourth-order valence-electron chi connectivity index (χ4n) is 3.46. The second-order valence-corrected chi connectivity index (χ2v) is 5.73. The van der Waals surface area contributed by atoms with Gasteiger partial charge in [-0.3, -0.25) is 4.79 Å². The Labute approximate surface area is 104 Å². The number of aliphatic carboxylic acids is 1. The molecule has 1 saturated carbocycles. The Morgan fingerprint density at radius 3 is 2.71 bits per heavy atom. The van der Waals surface area contributed by atoms with Crippen LogP contribution in [0.5, 0.6) is 0 Å². The molecule has 2 rings (SSSR count). The number of ether oxygens (including phenoxy) is 1. The molecule has 0 aromatic rings. The maximum atomic E-state index is 11.1. The number of rotatable bonds is 5. The Hall–Kier alpha value is -0.570. The van der Waals surface area contributed by atoms with Gasteiger partial charge in [-0.1, -0.05) is 26.2 Å². The van der Waals surface area contributed by atoms with Crippen LogP contribution in [-0.4, -0.2) is 22.8 Å². The summed E-state index contributed by atoms with van der Waals surface area (Å²) in [5.74, 6) is -0.857. The van der Waals surface area contributed by atoms with E-state index in [-0.39, 0.29) is 17.6 Å². The Morgan fingerprint density at radius 2 is 2.12 bits per heavy atom. The zero-order valence-electron chi connectivity index (χ0n) is 10.8. The number of hydrogen-bond donors (Lipinski definition) is 1. The summed E-state index contributed by atoms with van der Waals surface area (Å²) in [5.41, 5.74) is 0.139. The molecule has 2 atom stereocenters. The highest BCUT2D eigenvalue weighted by molar-refractivity contribution is 5.69. The monoisotopic (exact) mass is 240 g/mol. The van der Waals surface area contributed by atoms with E-state index in [1.54, 1.807) is 0 Å². The minimum atomic E-state index is -0.650. The van der Waals surface area contributed by atoms with E-state index in [0.29, 0.717) is 6.42 Å². The second kappa shape index (κ2) is 5.38. The van der Waals surface area contributed by atoms with Crippen LogP contribution in [0, 0.1) is 5.92 Å². The molecule has 2 fully saturated rings. The van der Waals surface area contributed by atoms with Gasteiger partial charge in [-0.15, -0.1) is 0 Å². The molecule has 1 N–H and O–H groups in total. The average molecular weight is 240 g/mol. The quantitative estimate of drug-likeness (QED) is 0.801. The Bertz CT molecular complexity index is 269. The second-order valence-electron chi connectivity index (χ2n) is 5.73. The Morgan fingerprint density at radius 1 is 1.41 bits per heavy atom. The SMILES string of the molecule is CCCC(CC1CCC2(CCCC2)O1)C(=O)O. The van der Waals surface area contributed by atoms with E-state index in [0.717, 1.165) is 25.7 Å². The number of carboxylic acids is 1. The molecule has 2 unspecified atom stereocenters. The molecule has 0 amide bonds. The van der Waals surface area contributed by atoms with Crippen molar-refractivity contribution >= 4 is 5.97 Å². The molecule has 0 aromatic carbocycles. The highest BCUT2D eigenvalue weighted by atomic mass is 16.5. The molecule has 3 heteroatoms. The van der Waals surface area contributed by atoms with E-state index in [1.165, 1.54) is 25.7 Å². The van der Waals surface area contributed by atoms with Gasteiger partial charge in [0.05, 0.1) is 17.6 Å². The van der Waals surface area contributed by atoms with Crippen molar-refractivity contribution in [2.45, 2.75) is 76.4 Å². The first-order chi connectivity index (χ1) is 8.15. The van der Waals surface area contributed by atoms with E-state index in [4.69, 9.17) is 9.84 Å². The lowest BCUT2D eigenvalue weighted by Gasteiger charge is -2.24. The highest BCUT2D eigenvalue weighted by Crippen LogP contribution is 2.44. The predicted molar refractivity (Wildman–Crippen MR) is 66.0 cm³/mol. The molecule has 1 aliphatic heterocycles. The molecule has 0 aromatic heterocycles. The third-order valence-electron chi connectivity index (χ3n) is 4.39. The first kappa shape index (κ1) is 12.9. The lowest BCUT2D eigenvalue weighted by Crippen LogP contribution is -2.27. The largest absolute Gasteiger partial charge is 0.481 e. The Kier molecular flexibility index (Phi) is 4.08. The van der Waals surface area contributed by atoms with Crippen LogP contribution in [0.15, 0.2) is 0 Å². The van der Waals surface area contributed by atoms with Crippen LogP contribution < -0.4 is 0 Å². The van der Waals surface area contributed by atoms with Gasteiger partial charge in [0.15, 0.2) is 0 Å². The summed E-state index contributed by atoms with van der Waals surface area (Å²) in [5, 5.41) is 9.17. The van der Waals surface area contributed by atoms with Crippen LogP contribution in [0.2, 0.25) is 0 Å². The predicted octanol–water partition coefficient (Wildman–Crippen LogP) is 3.37. The molecular weight excluding hydrogens is 216 g/mol. The number of carboxylic acid groups (broad SMARTS) is 1.